The number of amides is 3. The van der Waals surface area contributed by atoms with Crippen molar-refractivity contribution in [3.8, 4) is 0 Å². The summed E-state index contributed by atoms with van der Waals surface area (Å²) in [6, 6.07) is -3.26. The number of carbonyl (C=O) groups is 3. The van der Waals surface area contributed by atoms with Crippen molar-refractivity contribution in [3.63, 3.8) is 0 Å². The highest BCUT2D eigenvalue weighted by atomic mass is 16.3. The highest BCUT2D eigenvalue weighted by molar-refractivity contribution is 5.93. The highest BCUT2D eigenvalue weighted by Gasteiger charge is 2.28. The zero-order chi connectivity index (χ0) is 58.8. The van der Waals surface area contributed by atoms with Gasteiger partial charge in [-0.3, -0.25) is 29.4 Å². The van der Waals surface area contributed by atoms with Gasteiger partial charge in [-0.2, -0.15) is 0 Å². The quantitative estimate of drug-likeness (QED) is 0.147. The van der Waals surface area contributed by atoms with E-state index in [9.17, 15) is 29.7 Å². The van der Waals surface area contributed by atoms with Crippen molar-refractivity contribution in [1.29, 1.82) is 0 Å². The fraction of sp³-hybridized carbons (Fsp3) is 0.688. The van der Waals surface area contributed by atoms with Crippen molar-refractivity contribution in [2.24, 2.45) is 49.9 Å². The summed E-state index contributed by atoms with van der Waals surface area (Å²) in [5, 5.41) is 39.8. The zero-order valence-electron chi connectivity index (χ0n) is 50.2. The van der Waals surface area contributed by atoms with Gasteiger partial charge in [-0.25, -0.2) is 15.0 Å². The molecule has 3 saturated carbocycles. The minimum atomic E-state index is -2.17. The van der Waals surface area contributed by atoms with Crippen LogP contribution in [0.5, 0.6) is 0 Å². The zero-order valence-corrected chi connectivity index (χ0v) is 42.2. The van der Waals surface area contributed by atoms with E-state index in [-0.39, 0.29) is 118 Å². The van der Waals surface area contributed by atoms with Crippen LogP contribution in [0.25, 0.3) is 0 Å². The summed E-state index contributed by atoms with van der Waals surface area (Å²) in [5.74, 6) is -3.24. The monoisotopic (exact) mass is 972 g/mol. The van der Waals surface area contributed by atoms with E-state index >= 15 is 0 Å². The Morgan fingerprint density at radius 3 is 1.32 bits per heavy atom. The number of nitrogens with two attached hydrogens (primary N) is 3. The van der Waals surface area contributed by atoms with Crippen molar-refractivity contribution < 1.29 is 40.7 Å². The van der Waals surface area contributed by atoms with Crippen LogP contribution in [0.4, 0.5) is 17.8 Å². The normalized spacial score (nSPS) is 33.1. The number of rotatable bonds is 9. The second-order valence-electron chi connectivity index (χ2n) is 21.0. The molecule has 3 fully saturated rings. The van der Waals surface area contributed by atoms with Crippen LogP contribution in [0.3, 0.4) is 0 Å². The van der Waals surface area contributed by atoms with Crippen molar-refractivity contribution in [2.75, 3.05) is 16.0 Å². The Labute approximate surface area is 416 Å². The molecule has 3 aromatic rings. The number of carbonyl (C=O) groups excluding carboxylic acids is 3. The minimum absolute atomic E-state index is 0.0519. The molecule has 21 heteroatoms. The molecule has 0 saturated heterocycles. The van der Waals surface area contributed by atoms with Crippen LogP contribution in [-0.2, 0) is 0 Å². The van der Waals surface area contributed by atoms with E-state index in [0.717, 1.165) is 0 Å². The lowest BCUT2D eigenvalue weighted by Gasteiger charge is -2.28. The van der Waals surface area contributed by atoms with E-state index in [4.69, 9.17) is 28.2 Å². The number of primary amides is 3. The average Bonchev–Trinajstić information content (AvgIpc) is 3.20. The standard InChI is InChI=1S/3C16H27N5O2/c3*1-9-5-6-10(7-12(9)22)19-14-11(13(17)23)8-18-15(20-14)21-16(2,3)4/h3*8-10,12,22H,5-7H2,1-4H3,(H2,17,23)(H2,18,19,20,21)/i8D,9D,10D,12D;8D,12D;8D,10D. The lowest BCUT2D eigenvalue weighted by atomic mass is 9.85. The van der Waals surface area contributed by atoms with Gasteiger partial charge in [0.2, 0.25) is 17.8 Å². The maximum Gasteiger partial charge on any atom is 0.254 e. The Morgan fingerprint density at radius 2 is 0.957 bits per heavy atom. The fourth-order valence-corrected chi connectivity index (χ4v) is 7.12. The van der Waals surface area contributed by atoms with Crippen LogP contribution in [-0.4, -0.2) is 116 Å². The van der Waals surface area contributed by atoms with Crippen LogP contribution in [0, 0.1) is 17.7 Å². The number of nitrogens with one attached hydrogen (secondary N) is 6. The molecule has 0 radical (unpaired) electrons. The van der Waals surface area contributed by atoms with E-state index in [1.54, 1.807) is 0 Å². The number of H-pyrrole nitrogens is 3. The third kappa shape index (κ3) is 18.3. The van der Waals surface area contributed by atoms with E-state index in [1.165, 1.54) is 6.92 Å². The predicted octanol–water partition coefficient (Wildman–Crippen LogP) is 3.51. The molecule has 3 aliphatic rings. The van der Waals surface area contributed by atoms with Crippen LogP contribution >= 0.6 is 0 Å². The number of hydrogen-bond acceptors (Lipinski definition) is 15. The summed E-state index contributed by atoms with van der Waals surface area (Å²) < 4.78 is 65.2. The number of anilines is 3. The molecule has 0 spiro atoms. The summed E-state index contributed by atoms with van der Waals surface area (Å²) in [4.78, 5) is 69.0. The van der Waals surface area contributed by atoms with Crippen LogP contribution in [0.15, 0.2) is 33.5 Å². The molecule has 69 heavy (non-hydrogen) atoms. The third-order valence-electron chi connectivity index (χ3n) is 10.9. The van der Waals surface area contributed by atoms with Gasteiger partial charge >= 0.3 is 0 Å². The maximum atomic E-state index is 11.8. The van der Waals surface area contributed by atoms with Gasteiger partial charge in [0.25, 0.3) is 17.7 Å². The van der Waals surface area contributed by atoms with Crippen LogP contribution in [0.2, 0.25) is 0 Å². The molecule has 3 aromatic heterocycles. The van der Waals surface area contributed by atoms with Gasteiger partial charge in [-0.1, -0.05) is 20.8 Å². The van der Waals surface area contributed by atoms with Crippen molar-refractivity contribution in [2.45, 2.75) is 194 Å². The molecule has 3 amide bonds. The molecule has 0 bridgehead atoms. The second kappa shape index (κ2) is 23.8. The molecule has 3 aliphatic carbocycles. The molecule has 0 aromatic carbocycles. The minimum Gasteiger partial charge on any atom is -0.393 e. The first kappa shape index (κ1) is 44.5. The molecule has 9 atom stereocenters. The number of aromatic nitrogens is 6. The number of aliphatic hydroxyl groups is 3. The molecule has 21 nitrogen and oxygen atoms in total. The lowest BCUT2D eigenvalue weighted by Crippen LogP contribution is -2.34. The Bertz CT molecular complexity index is 2870. The summed E-state index contributed by atoms with van der Waals surface area (Å²) in [5.41, 5.74) is 14.7. The first-order chi connectivity index (χ1) is 34.8. The number of aliphatic hydroxyl groups excluding tert-OH is 1. The Balaban J connectivity index is 0.000000250. The van der Waals surface area contributed by atoms with Gasteiger partial charge in [-0.05, 0) is 138 Å². The summed E-state index contributed by atoms with van der Waals surface area (Å²) in [6.07, 6.45) is -2.75. The Kier molecular flexibility index (Phi) is 15.3. The summed E-state index contributed by atoms with van der Waals surface area (Å²) in [6.45, 7) is 22.5. The predicted molar refractivity (Wildman–Crippen MR) is 267 cm³/mol. The Morgan fingerprint density at radius 1 is 0.580 bits per heavy atom. The second-order valence-corrected chi connectivity index (χ2v) is 21.0. The number of nitrogens with zero attached hydrogens (tertiary/aromatic N) is 6. The molecule has 3 heterocycles. The van der Waals surface area contributed by atoms with Crippen molar-refractivity contribution in [1.82, 2.24) is 29.9 Å². The number of hydrogen-bond donors (Lipinski definition) is 12. The van der Waals surface area contributed by atoms with E-state index in [1.807, 2.05) is 76.2 Å². The fourth-order valence-electron chi connectivity index (χ4n) is 7.12. The van der Waals surface area contributed by atoms with Gasteiger partial charge in [0, 0.05) is 36.5 Å². The van der Waals surface area contributed by atoms with Crippen LogP contribution in [0.1, 0.15) is 183 Å². The van der Waals surface area contributed by atoms with Crippen molar-refractivity contribution >= 4 is 35.6 Å². The third-order valence-corrected chi connectivity index (χ3v) is 10.9. The van der Waals surface area contributed by atoms with E-state index in [0.29, 0.717) is 31.6 Å². The molecule has 384 valence electrons. The summed E-state index contributed by atoms with van der Waals surface area (Å²) in [7, 11) is 0. The van der Waals surface area contributed by atoms with Gasteiger partial charge in [0.15, 0.2) is 0 Å². The molecular weight excluding hydrogens is 883 g/mol. The van der Waals surface area contributed by atoms with Gasteiger partial charge < -0.3 is 63.4 Å². The summed E-state index contributed by atoms with van der Waals surface area (Å²) >= 11 is 0. The molecule has 0 aliphatic heterocycles. The van der Waals surface area contributed by atoms with Crippen LogP contribution < -0.4 is 49.6 Å². The SMILES string of the molecule is [2H]c1nc(NC(C)(C)C)[nH]c(=NC2([2H])CCC(C)C(O)C2)c1C(N)=O.[2H]c1nc(NC(C)(C)C)[nH]c(=NC2([2H])CCC([2H])(C)C([2H])(O)C2)c1C(N)=O.[2H]c1nc(NC(C)(C)C)[nH]c(=NC2CCC(C)C([2H])(O)C2)c1C(N)=O. The van der Waals surface area contributed by atoms with Crippen molar-refractivity contribution in [3.05, 3.63) is 51.7 Å². The first-order valence-corrected chi connectivity index (χ1v) is 23.2. The topological polar surface area (TPSA) is 349 Å². The molecule has 15 N–H and O–H groups in total. The molecule has 6 rings (SSSR count). The van der Waals surface area contributed by atoms with Gasteiger partial charge in [0.1, 0.15) is 16.5 Å². The highest BCUT2D eigenvalue weighted by Crippen LogP contribution is 2.28. The number of aromatic amines is 3. The first-order valence-electron chi connectivity index (χ1n) is 27.2. The Hall–Kier alpha value is -5.67. The van der Waals surface area contributed by atoms with Gasteiger partial charge in [-0.15, -0.1) is 0 Å². The largest absolute Gasteiger partial charge is 0.393 e. The average molecular weight is 972 g/mol. The smallest absolute Gasteiger partial charge is 0.254 e. The van der Waals surface area contributed by atoms with E-state index in [2.05, 4.69) is 60.8 Å². The molecule has 9 unspecified atom stereocenters. The molecular formula is C48H81N15O6. The maximum absolute atomic E-state index is 11.8. The van der Waals surface area contributed by atoms with Gasteiger partial charge in [0.05, 0.1) is 62.6 Å². The lowest BCUT2D eigenvalue weighted by molar-refractivity contribution is 0.0702. The van der Waals surface area contributed by atoms with E-state index < -0.39 is 66.5 Å².